The predicted octanol–water partition coefficient (Wildman–Crippen LogP) is 3.04. The molecule has 7 heteroatoms. The number of carbonyl (C=O) groups is 1. The molecule has 4 heterocycles. The summed E-state index contributed by atoms with van der Waals surface area (Å²) in [7, 11) is 0. The molecule has 1 unspecified atom stereocenters. The van der Waals surface area contributed by atoms with Gasteiger partial charge in [-0.25, -0.2) is 0 Å². The summed E-state index contributed by atoms with van der Waals surface area (Å²) in [5.74, 6) is 0.685. The molecule has 3 aromatic heterocycles. The fourth-order valence-corrected chi connectivity index (χ4v) is 3.65. The molecule has 0 radical (unpaired) electrons. The zero-order chi connectivity index (χ0) is 18.9. The van der Waals surface area contributed by atoms with Crippen LogP contribution in [0.15, 0.2) is 67.1 Å². The van der Waals surface area contributed by atoms with Crippen molar-refractivity contribution in [1.29, 1.82) is 0 Å². The van der Waals surface area contributed by atoms with Crippen molar-refractivity contribution in [3.63, 3.8) is 0 Å². The molecule has 1 aliphatic rings. The van der Waals surface area contributed by atoms with Crippen LogP contribution in [0.4, 0.5) is 0 Å². The molecule has 0 bridgehead atoms. The van der Waals surface area contributed by atoms with Crippen molar-refractivity contribution < 1.29 is 9.53 Å². The summed E-state index contributed by atoms with van der Waals surface area (Å²) in [4.78, 5) is 22.3. The number of hydrogen-bond donors (Lipinski definition) is 1. The molecule has 1 amide bonds. The highest BCUT2D eigenvalue weighted by atomic mass is 16.5. The Morgan fingerprint density at radius 1 is 1.18 bits per heavy atom. The van der Waals surface area contributed by atoms with E-state index >= 15 is 0 Å². The van der Waals surface area contributed by atoms with Gasteiger partial charge < -0.3 is 14.6 Å². The van der Waals surface area contributed by atoms with Crippen LogP contribution in [-0.2, 0) is 6.54 Å². The van der Waals surface area contributed by atoms with Crippen molar-refractivity contribution in [2.75, 3.05) is 13.2 Å². The van der Waals surface area contributed by atoms with Gasteiger partial charge in [0.2, 0.25) is 0 Å². The molecule has 0 fully saturated rings. The Hall–Kier alpha value is -3.61. The molecule has 1 aromatic carbocycles. The van der Waals surface area contributed by atoms with Crippen molar-refractivity contribution >= 4 is 16.8 Å². The maximum atomic E-state index is 13.1. The third kappa shape index (κ3) is 3.00. The summed E-state index contributed by atoms with van der Waals surface area (Å²) in [5.41, 5.74) is 2.56. The molecular weight excluding hydrogens is 354 g/mol. The number of nitrogens with one attached hydrogen (secondary N) is 1. The van der Waals surface area contributed by atoms with Gasteiger partial charge >= 0.3 is 0 Å². The minimum Gasteiger partial charge on any atom is -0.490 e. The Kier molecular flexibility index (Phi) is 4.05. The average molecular weight is 373 g/mol. The summed E-state index contributed by atoms with van der Waals surface area (Å²) >= 11 is 0. The monoisotopic (exact) mass is 373 g/mol. The first-order valence-electron chi connectivity index (χ1n) is 9.20. The number of carbonyl (C=O) groups excluding carboxylic acids is 1. The van der Waals surface area contributed by atoms with Crippen LogP contribution in [0.25, 0.3) is 10.9 Å². The topological polar surface area (TPSA) is 76.0 Å². The fraction of sp³-hybridized carbons (Fsp3) is 0.190. The molecular formula is C21H19N5O2. The number of amides is 1. The minimum atomic E-state index is -0.0627. The van der Waals surface area contributed by atoms with Crippen molar-refractivity contribution in [3.8, 4) is 5.75 Å². The Morgan fingerprint density at radius 2 is 2.11 bits per heavy atom. The van der Waals surface area contributed by atoms with Crippen molar-refractivity contribution in [3.05, 3.63) is 78.5 Å². The number of hydrogen-bond acceptors (Lipinski definition) is 4. The number of H-pyrrole nitrogens is 1. The van der Waals surface area contributed by atoms with E-state index in [1.165, 1.54) is 0 Å². The lowest BCUT2D eigenvalue weighted by atomic mass is 10.2. The Balaban J connectivity index is 1.38. The van der Waals surface area contributed by atoms with E-state index in [4.69, 9.17) is 4.74 Å². The smallest absolute Gasteiger partial charge is 0.270 e. The van der Waals surface area contributed by atoms with Gasteiger partial charge in [0.15, 0.2) is 0 Å². The normalized spacial score (nSPS) is 16.1. The van der Waals surface area contributed by atoms with Gasteiger partial charge in [-0.05, 0) is 30.3 Å². The summed E-state index contributed by atoms with van der Waals surface area (Å²) < 4.78 is 7.83. The first-order chi connectivity index (χ1) is 13.8. The largest absolute Gasteiger partial charge is 0.490 e. The van der Waals surface area contributed by atoms with Crippen LogP contribution in [0.5, 0.6) is 5.75 Å². The predicted molar refractivity (Wildman–Crippen MR) is 104 cm³/mol. The van der Waals surface area contributed by atoms with Crippen LogP contribution >= 0.6 is 0 Å². The second-order valence-corrected chi connectivity index (χ2v) is 6.88. The Bertz CT molecular complexity index is 1090. The second kappa shape index (κ2) is 6.84. The number of fused-ring (bicyclic) bond motifs is 2. The molecule has 1 aliphatic heterocycles. The molecule has 1 atom stereocenters. The molecule has 0 spiro atoms. The van der Waals surface area contributed by atoms with Gasteiger partial charge in [0.05, 0.1) is 18.4 Å². The highest BCUT2D eigenvalue weighted by molar-refractivity contribution is 5.98. The molecule has 4 aromatic rings. The van der Waals surface area contributed by atoms with Gasteiger partial charge in [0.25, 0.3) is 5.91 Å². The number of ether oxygens (including phenoxy) is 1. The van der Waals surface area contributed by atoms with E-state index in [-0.39, 0.29) is 11.9 Å². The van der Waals surface area contributed by atoms with E-state index in [1.807, 2.05) is 58.1 Å². The standard InChI is InChI=1S/C21H19N5O2/c27-21(20-10-15-4-1-2-6-19(15)24-20)25-12-16-7-9-23-26(16)17(13-25)14-28-18-5-3-8-22-11-18/h1-11,17,24H,12-14H2. The van der Waals surface area contributed by atoms with Gasteiger partial charge in [-0.2, -0.15) is 5.10 Å². The minimum absolute atomic E-state index is 0.0185. The van der Waals surface area contributed by atoms with E-state index in [9.17, 15) is 4.79 Å². The number of benzene rings is 1. The van der Waals surface area contributed by atoms with Crippen LogP contribution in [0.2, 0.25) is 0 Å². The number of pyridine rings is 1. The zero-order valence-electron chi connectivity index (χ0n) is 15.2. The number of nitrogens with zero attached hydrogens (tertiary/aromatic N) is 4. The summed E-state index contributed by atoms with van der Waals surface area (Å²) in [6.45, 7) is 1.47. The average Bonchev–Trinajstić information content (AvgIpc) is 3.39. The molecule has 7 nitrogen and oxygen atoms in total. The molecule has 0 aliphatic carbocycles. The molecule has 0 saturated heterocycles. The third-order valence-corrected chi connectivity index (χ3v) is 5.01. The number of aromatic amines is 1. The molecule has 140 valence electrons. The van der Waals surface area contributed by atoms with Gasteiger partial charge in [-0.15, -0.1) is 0 Å². The van der Waals surface area contributed by atoms with Gasteiger partial charge in [-0.3, -0.25) is 14.5 Å². The van der Waals surface area contributed by atoms with Crippen LogP contribution in [0.3, 0.4) is 0 Å². The van der Waals surface area contributed by atoms with Gasteiger partial charge in [0.1, 0.15) is 24.1 Å². The number of aromatic nitrogens is 4. The SMILES string of the molecule is O=C(c1cc2ccccc2[nH]1)N1Cc2ccnn2C(COc2cccnc2)C1. The first-order valence-corrected chi connectivity index (χ1v) is 9.20. The summed E-state index contributed by atoms with van der Waals surface area (Å²) in [5, 5.41) is 5.46. The van der Waals surface area contributed by atoms with Crippen LogP contribution in [0.1, 0.15) is 22.2 Å². The third-order valence-electron chi connectivity index (χ3n) is 5.01. The molecule has 28 heavy (non-hydrogen) atoms. The molecule has 5 rings (SSSR count). The van der Waals surface area contributed by atoms with E-state index in [2.05, 4.69) is 15.1 Å². The highest BCUT2D eigenvalue weighted by Gasteiger charge is 2.30. The van der Waals surface area contributed by atoms with Crippen molar-refractivity contribution in [2.45, 2.75) is 12.6 Å². The van der Waals surface area contributed by atoms with Crippen LogP contribution in [0, 0.1) is 0 Å². The molecule has 0 saturated carbocycles. The van der Waals surface area contributed by atoms with E-state index in [0.717, 1.165) is 16.6 Å². The van der Waals surface area contributed by atoms with E-state index in [1.54, 1.807) is 18.6 Å². The lowest BCUT2D eigenvalue weighted by molar-refractivity contribution is 0.0628. The Labute approximate surface area is 161 Å². The second-order valence-electron chi connectivity index (χ2n) is 6.88. The summed E-state index contributed by atoms with van der Waals surface area (Å²) in [6, 6.07) is 15.4. The zero-order valence-corrected chi connectivity index (χ0v) is 15.2. The highest BCUT2D eigenvalue weighted by Crippen LogP contribution is 2.24. The number of para-hydroxylation sites is 1. The van der Waals surface area contributed by atoms with E-state index < -0.39 is 0 Å². The maximum Gasteiger partial charge on any atom is 0.270 e. The Morgan fingerprint density at radius 3 is 2.96 bits per heavy atom. The van der Waals surface area contributed by atoms with Crippen molar-refractivity contribution in [1.82, 2.24) is 24.6 Å². The van der Waals surface area contributed by atoms with E-state index in [0.29, 0.717) is 31.1 Å². The number of rotatable bonds is 4. The van der Waals surface area contributed by atoms with Crippen LogP contribution < -0.4 is 4.74 Å². The summed E-state index contributed by atoms with van der Waals surface area (Å²) in [6.07, 6.45) is 5.16. The van der Waals surface area contributed by atoms with Crippen molar-refractivity contribution in [2.24, 2.45) is 0 Å². The van der Waals surface area contributed by atoms with Crippen LogP contribution in [-0.4, -0.2) is 43.7 Å². The lowest BCUT2D eigenvalue weighted by Crippen LogP contribution is -2.43. The lowest BCUT2D eigenvalue weighted by Gasteiger charge is -2.33. The van der Waals surface area contributed by atoms with Gasteiger partial charge in [0, 0.05) is 29.8 Å². The first kappa shape index (κ1) is 16.6. The fourth-order valence-electron chi connectivity index (χ4n) is 3.65. The quantitative estimate of drug-likeness (QED) is 0.597. The van der Waals surface area contributed by atoms with Gasteiger partial charge in [-0.1, -0.05) is 18.2 Å². The maximum absolute atomic E-state index is 13.1. The molecule has 1 N–H and O–H groups in total.